The molecule has 2 N–H and O–H groups in total. The molecule has 0 aliphatic rings. The van der Waals surface area contributed by atoms with E-state index in [-0.39, 0.29) is 5.91 Å². The average Bonchev–Trinajstić information content (AvgIpc) is 3.11. The molecule has 1 atom stereocenters. The van der Waals surface area contributed by atoms with E-state index in [1.165, 1.54) is 4.70 Å². The lowest BCUT2D eigenvalue weighted by atomic mass is 10.0. The number of anilines is 1. The summed E-state index contributed by atoms with van der Waals surface area (Å²) in [5.41, 5.74) is 3.98. The Hall–Kier alpha value is -3.02. The molecule has 4 rings (SSSR count). The topological polar surface area (TPSA) is 46.4 Å². The highest BCUT2D eigenvalue weighted by Crippen LogP contribution is 2.27. The molecule has 1 unspecified atom stereocenters. The van der Waals surface area contributed by atoms with Gasteiger partial charge in [0.1, 0.15) is 11.6 Å². The van der Waals surface area contributed by atoms with Crippen LogP contribution in [-0.2, 0) is 11.3 Å². The number of carbonyl (C=O) groups is 1. The third-order valence-corrected chi connectivity index (χ3v) is 5.58. The maximum atomic E-state index is 12.6. The minimum Gasteiger partial charge on any atom is -0.324 e. The van der Waals surface area contributed by atoms with Crippen LogP contribution in [0.25, 0.3) is 21.3 Å². The number of amides is 1. The number of hydrogen-bond donors (Lipinski definition) is 2. The summed E-state index contributed by atoms with van der Waals surface area (Å²) in [6.07, 6.45) is 0. The predicted octanol–water partition coefficient (Wildman–Crippen LogP) is 3.62. The molecule has 0 aliphatic carbocycles. The van der Waals surface area contributed by atoms with Crippen molar-refractivity contribution in [3.63, 3.8) is 0 Å². The first-order valence-electron chi connectivity index (χ1n) is 9.29. The number of carbonyl (C=O) groups excluding carboxylic acids is 1. The van der Waals surface area contributed by atoms with Gasteiger partial charge in [0.05, 0.1) is 17.3 Å². The number of nitrogens with one attached hydrogen (secondary N) is 2. The first-order chi connectivity index (χ1) is 13.7. The Morgan fingerprint density at radius 2 is 1.68 bits per heavy atom. The zero-order valence-electron chi connectivity index (χ0n) is 15.7. The predicted molar refractivity (Wildman–Crippen MR) is 116 cm³/mol. The minimum absolute atomic E-state index is 0.00184. The standard InChI is InChI=1S/C23H21N3OS/c1-26(16-23-25-20-13-7-8-14-21(20)28-23)15-22(27)24-19-12-6-5-11-18(19)17-9-3-2-4-10-17/h2-14H,15-16H2,1H3,(H,24,27)/p+1. The highest BCUT2D eigenvalue weighted by atomic mass is 32.1. The van der Waals surface area contributed by atoms with Gasteiger partial charge in [0.2, 0.25) is 0 Å². The molecule has 1 aromatic heterocycles. The van der Waals surface area contributed by atoms with E-state index in [1.54, 1.807) is 11.3 Å². The van der Waals surface area contributed by atoms with Crippen LogP contribution in [0, 0.1) is 0 Å². The maximum absolute atomic E-state index is 12.6. The van der Waals surface area contributed by atoms with Crippen molar-refractivity contribution in [1.29, 1.82) is 0 Å². The molecule has 1 heterocycles. The lowest BCUT2D eigenvalue weighted by Crippen LogP contribution is -3.08. The van der Waals surface area contributed by atoms with Gasteiger partial charge >= 0.3 is 0 Å². The Kier molecular flexibility index (Phi) is 5.46. The van der Waals surface area contributed by atoms with Gasteiger partial charge in [0, 0.05) is 11.3 Å². The summed E-state index contributed by atoms with van der Waals surface area (Å²) in [6, 6.07) is 26.1. The van der Waals surface area contributed by atoms with Crippen LogP contribution in [0.2, 0.25) is 0 Å². The van der Waals surface area contributed by atoms with Crippen LogP contribution in [0.15, 0.2) is 78.9 Å². The van der Waals surface area contributed by atoms with Crippen LogP contribution in [0.1, 0.15) is 5.01 Å². The highest BCUT2D eigenvalue weighted by molar-refractivity contribution is 7.18. The zero-order chi connectivity index (χ0) is 19.3. The molecule has 140 valence electrons. The zero-order valence-corrected chi connectivity index (χ0v) is 16.5. The fourth-order valence-electron chi connectivity index (χ4n) is 3.25. The fourth-order valence-corrected chi connectivity index (χ4v) is 4.33. The summed E-state index contributed by atoms with van der Waals surface area (Å²) in [5.74, 6) is 0.00184. The molecule has 5 heteroatoms. The molecule has 0 fully saturated rings. The Morgan fingerprint density at radius 1 is 0.964 bits per heavy atom. The summed E-state index contributed by atoms with van der Waals surface area (Å²) >= 11 is 1.69. The molecule has 0 aliphatic heterocycles. The fraction of sp³-hybridized carbons (Fsp3) is 0.130. The molecule has 1 amide bonds. The van der Waals surface area contributed by atoms with Crippen LogP contribution in [-0.4, -0.2) is 24.5 Å². The van der Waals surface area contributed by atoms with Crippen molar-refractivity contribution in [3.8, 4) is 11.1 Å². The largest absolute Gasteiger partial charge is 0.324 e. The summed E-state index contributed by atoms with van der Waals surface area (Å²) in [6.45, 7) is 1.12. The molecular weight excluding hydrogens is 366 g/mol. The number of nitrogens with zero attached hydrogens (tertiary/aromatic N) is 1. The van der Waals surface area contributed by atoms with Gasteiger partial charge in [0.25, 0.3) is 5.91 Å². The molecule has 0 radical (unpaired) electrons. The molecule has 0 spiro atoms. The van der Waals surface area contributed by atoms with Crippen molar-refractivity contribution in [1.82, 2.24) is 4.98 Å². The Labute approximate surface area is 168 Å². The molecule has 4 aromatic rings. The van der Waals surface area contributed by atoms with Gasteiger partial charge in [-0.1, -0.05) is 60.7 Å². The van der Waals surface area contributed by atoms with E-state index >= 15 is 0 Å². The van der Waals surface area contributed by atoms with E-state index in [2.05, 4.69) is 28.5 Å². The van der Waals surface area contributed by atoms with Gasteiger partial charge in [-0.25, -0.2) is 4.98 Å². The van der Waals surface area contributed by atoms with Crippen LogP contribution in [0.4, 0.5) is 5.69 Å². The summed E-state index contributed by atoms with van der Waals surface area (Å²) in [4.78, 5) is 18.4. The Balaban J connectivity index is 1.42. The second kappa shape index (κ2) is 8.33. The van der Waals surface area contributed by atoms with Gasteiger partial charge < -0.3 is 10.2 Å². The first kappa shape index (κ1) is 18.3. The van der Waals surface area contributed by atoms with E-state index in [9.17, 15) is 4.79 Å². The SMILES string of the molecule is C[NH+](CC(=O)Nc1ccccc1-c1ccccc1)Cc1nc2ccccc2s1. The van der Waals surface area contributed by atoms with Crippen molar-refractivity contribution in [2.75, 3.05) is 18.9 Å². The van der Waals surface area contributed by atoms with Crippen molar-refractivity contribution in [2.24, 2.45) is 0 Å². The van der Waals surface area contributed by atoms with Gasteiger partial charge in [0.15, 0.2) is 6.54 Å². The number of rotatable bonds is 6. The molecule has 28 heavy (non-hydrogen) atoms. The summed E-state index contributed by atoms with van der Waals surface area (Å²) < 4.78 is 1.19. The number of quaternary nitrogens is 1. The number of para-hydroxylation sites is 2. The van der Waals surface area contributed by atoms with E-state index < -0.39 is 0 Å². The third-order valence-electron chi connectivity index (χ3n) is 4.54. The van der Waals surface area contributed by atoms with Crippen molar-refractivity contribution >= 4 is 33.1 Å². The van der Waals surface area contributed by atoms with E-state index in [0.717, 1.165) is 38.8 Å². The van der Waals surface area contributed by atoms with Crippen LogP contribution in [0.5, 0.6) is 0 Å². The quantitative estimate of drug-likeness (QED) is 0.530. The van der Waals surface area contributed by atoms with Gasteiger partial charge in [-0.05, 0) is 23.8 Å². The van der Waals surface area contributed by atoms with E-state index in [4.69, 9.17) is 0 Å². The lowest BCUT2D eigenvalue weighted by molar-refractivity contribution is -0.885. The van der Waals surface area contributed by atoms with Crippen molar-refractivity contribution < 1.29 is 9.69 Å². The average molecular weight is 389 g/mol. The molecule has 0 saturated heterocycles. The second-order valence-corrected chi connectivity index (χ2v) is 7.96. The lowest BCUT2D eigenvalue weighted by Gasteiger charge is -2.14. The number of hydrogen-bond acceptors (Lipinski definition) is 3. The molecule has 4 nitrogen and oxygen atoms in total. The van der Waals surface area contributed by atoms with Crippen molar-refractivity contribution in [3.05, 3.63) is 83.9 Å². The Bertz CT molecular complexity index is 1060. The third kappa shape index (κ3) is 4.27. The first-order valence-corrected chi connectivity index (χ1v) is 10.1. The van der Waals surface area contributed by atoms with Gasteiger partial charge in [-0.2, -0.15) is 0 Å². The Morgan fingerprint density at radius 3 is 2.50 bits per heavy atom. The smallest absolute Gasteiger partial charge is 0.279 e. The van der Waals surface area contributed by atoms with Crippen molar-refractivity contribution in [2.45, 2.75) is 6.54 Å². The van der Waals surface area contributed by atoms with Gasteiger partial charge in [-0.3, -0.25) is 4.79 Å². The number of likely N-dealkylation sites (N-methyl/N-ethyl adjacent to an activating group) is 1. The maximum Gasteiger partial charge on any atom is 0.279 e. The summed E-state index contributed by atoms with van der Waals surface area (Å²) in [5, 5.41) is 4.13. The van der Waals surface area contributed by atoms with Crippen LogP contribution >= 0.6 is 11.3 Å². The molecular formula is C23H22N3OS+. The van der Waals surface area contributed by atoms with E-state index in [0.29, 0.717) is 6.54 Å². The number of fused-ring (bicyclic) bond motifs is 1. The highest BCUT2D eigenvalue weighted by Gasteiger charge is 2.15. The second-order valence-electron chi connectivity index (χ2n) is 6.85. The normalized spacial score (nSPS) is 12.0. The molecule has 0 bridgehead atoms. The molecule has 3 aromatic carbocycles. The van der Waals surface area contributed by atoms with E-state index in [1.807, 2.05) is 67.7 Å². The number of thiazole rings is 1. The minimum atomic E-state index is 0.00184. The monoisotopic (exact) mass is 388 g/mol. The number of benzene rings is 3. The number of aromatic nitrogens is 1. The summed E-state index contributed by atoms with van der Waals surface area (Å²) in [7, 11) is 2.02. The van der Waals surface area contributed by atoms with Crippen LogP contribution in [0.3, 0.4) is 0 Å². The van der Waals surface area contributed by atoms with Crippen LogP contribution < -0.4 is 10.2 Å². The molecule has 0 saturated carbocycles. The van der Waals surface area contributed by atoms with Gasteiger partial charge in [-0.15, -0.1) is 11.3 Å².